The third kappa shape index (κ3) is 5.46. The molecule has 4 rings (SSSR count). The van der Waals surface area contributed by atoms with Crippen LogP contribution in [-0.4, -0.2) is 26.9 Å². The number of carbonyl (C=O) groups is 2. The van der Waals surface area contributed by atoms with E-state index < -0.39 is 11.4 Å². The molecule has 0 radical (unpaired) electrons. The van der Waals surface area contributed by atoms with Crippen LogP contribution in [0.15, 0.2) is 71.3 Å². The second kappa shape index (κ2) is 10.9. The number of carboxylic acid groups (broad SMARTS) is 1. The zero-order valence-corrected chi connectivity index (χ0v) is 23.1. The summed E-state index contributed by atoms with van der Waals surface area (Å²) >= 11 is 16.1. The number of piperidine rings is 1. The van der Waals surface area contributed by atoms with Gasteiger partial charge >= 0.3 is 5.97 Å². The van der Waals surface area contributed by atoms with Crippen LogP contribution in [0.1, 0.15) is 67.9 Å². The monoisotopic (exact) mass is 588 g/mol. The van der Waals surface area contributed by atoms with Crippen LogP contribution < -0.4 is 0 Å². The number of carbonyl (C=O) groups excluding carboxylic acids is 1. The summed E-state index contributed by atoms with van der Waals surface area (Å²) in [7, 11) is 0. The van der Waals surface area contributed by atoms with Crippen LogP contribution in [0.2, 0.25) is 10.0 Å². The van der Waals surface area contributed by atoms with Crippen molar-refractivity contribution in [3.63, 3.8) is 0 Å². The van der Waals surface area contributed by atoms with E-state index in [4.69, 9.17) is 23.2 Å². The summed E-state index contributed by atoms with van der Waals surface area (Å²) in [6, 6.07) is 20.0. The van der Waals surface area contributed by atoms with E-state index in [-0.39, 0.29) is 30.3 Å². The quantitative estimate of drug-likeness (QED) is 0.285. The zero-order chi connectivity index (χ0) is 26.0. The molecule has 5 nitrogen and oxygen atoms in total. The smallest absolute Gasteiger partial charge is 0.304 e. The Kier molecular flexibility index (Phi) is 8.08. The molecule has 1 aliphatic heterocycles. The molecule has 3 aromatic rings. The zero-order valence-electron chi connectivity index (χ0n) is 20.0. The molecule has 1 aromatic heterocycles. The van der Waals surface area contributed by atoms with Crippen molar-refractivity contribution in [2.24, 2.45) is 5.41 Å². The molecule has 1 N–H and O–H groups in total. The van der Waals surface area contributed by atoms with E-state index in [9.17, 15) is 14.7 Å². The maximum atomic E-state index is 14.3. The SMILES string of the molecule is CC[C@@H](c1cccc(Br)n1)N1C(=O)[C@@](C)(CC(=O)O)C[C@H](c2cccc(Cl)c2)[C@H]1c1ccc(Cl)cc1. The van der Waals surface area contributed by atoms with Gasteiger partial charge in [-0.05, 0) is 76.3 Å². The van der Waals surface area contributed by atoms with Crippen molar-refractivity contribution in [1.82, 2.24) is 9.88 Å². The molecule has 0 aliphatic carbocycles. The van der Waals surface area contributed by atoms with Crippen molar-refractivity contribution in [2.45, 2.75) is 51.1 Å². The summed E-state index contributed by atoms with van der Waals surface area (Å²) < 4.78 is 0.672. The number of aromatic nitrogens is 1. The fourth-order valence-corrected chi connectivity index (χ4v) is 6.06. The lowest BCUT2D eigenvalue weighted by atomic mass is 9.67. The standard InChI is InChI=1S/C28H27BrCl2N2O3/c1-3-23(22-8-5-9-24(29)32-22)33-26(17-10-12-19(30)13-11-17)21(18-6-4-7-20(31)14-18)15-28(2,27(33)36)16-25(34)35/h4-14,21,23,26H,3,15-16H2,1-2H3,(H,34,35)/t21-,23+,26-,28-/m1/s1. The van der Waals surface area contributed by atoms with E-state index in [2.05, 4.69) is 20.9 Å². The molecule has 8 heteroatoms. The lowest BCUT2D eigenvalue weighted by Crippen LogP contribution is -2.53. The van der Waals surface area contributed by atoms with Gasteiger partial charge in [-0.1, -0.05) is 67.4 Å². The first-order valence-electron chi connectivity index (χ1n) is 11.8. The highest BCUT2D eigenvalue weighted by Crippen LogP contribution is 2.54. The van der Waals surface area contributed by atoms with Crippen LogP contribution in [0.4, 0.5) is 0 Å². The molecule has 1 fully saturated rings. The number of hydrogen-bond donors (Lipinski definition) is 1. The summed E-state index contributed by atoms with van der Waals surface area (Å²) in [5.41, 5.74) is 1.50. The highest BCUT2D eigenvalue weighted by molar-refractivity contribution is 9.10. The van der Waals surface area contributed by atoms with Crippen molar-refractivity contribution in [1.29, 1.82) is 0 Å². The molecule has 2 aromatic carbocycles. The first kappa shape index (κ1) is 26.6. The van der Waals surface area contributed by atoms with E-state index in [0.29, 0.717) is 27.5 Å². The first-order chi connectivity index (χ1) is 17.1. The molecule has 0 unspecified atom stereocenters. The summed E-state index contributed by atoms with van der Waals surface area (Å²) in [6.45, 7) is 3.77. The summed E-state index contributed by atoms with van der Waals surface area (Å²) in [5, 5.41) is 11.0. The topological polar surface area (TPSA) is 70.5 Å². The van der Waals surface area contributed by atoms with Gasteiger partial charge in [0.2, 0.25) is 5.91 Å². The van der Waals surface area contributed by atoms with E-state index in [1.165, 1.54) is 0 Å². The third-order valence-corrected chi connectivity index (χ3v) is 7.86. The van der Waals surface area contributed by atoms with Crippen LogP contribution in [-0.2, 0) is 9.59 Å². The summed E-state index contributed by atoms with van der Waals surface area (Å²) in [6.07, 6.45) is 0.699. The Labute approximate surface area is 229 Å². The van der Waals surface area contributed by atoms with Crippen LogP contribution in [0.3, 0.4) is 0 Å². The van der Waals surface area contributed by atoms with Gasteiger partial charge in [-0.25, -0.2) is 4.98 Å². The highest BCUT2D eigenvalue weighted by atomic mass is 79.9. The molecular formula is C28H27BrCl2N2O3. The van der Waals surface area contributed by atoms with Crippen LogP contribution in [0.25, 0.3) is 0 Å². The molecule has 0 bridgehead atoms. The number of pyridine rings is 1. The number of hydrogen-bond acceptors (Lipinski definition) is 3. The predicted octanol–water partition coefficient (Wildman–Crippen LogP) is 7.84. The molecule has 0 saturated carbocycles. The Hall–Kier alpha value is -2.41. The van der Waals surface area contributed by atoms with Gasteiger partial charge in [0.25, 0.3) is 0 Å². The molecule has 1 amide bonds. The van der Waals surface area contributed by atoms with Crippen molar-refractivity contribution in [2.75, 3.05) is 0 Å². The second-order valence-electron chi connectivity index (χ2n) is 9.51. The number of aliphatic carboxylic acids is 1. The first-order valence-corrected chi connectivity index (χ1v) is 13.4. The van der Waals surface area contributed by atoms with E-state index in [0.717, 1.165) is 16.8 Å². The Morgan fingerprint density at radius 3 is 2.42 bits per heavy atom. The Bertz CT molecular complexity index is 1270. The fraction of sp³-hybridized carbons (Fsp3) is 0.321. The minimum absolute atomic E-state index is 0.197. The number of rotatable bonds is 7. The molecule has 36 heavy (non-hydrogen) atoms. The highest BCUT2D eigenvalue weighted by Gasteiger charge is 2.52. The number of halogens is 3. The van der Waals surface area contributed by atoms with Gasteiger partial charge in [0, 0.05) is 16.0 Å². The van der Waals surface area contributed by atoms with Crippen molar-refractivity contribution < 1.29 is 14.7 Å². The van der Waals surface area contributed by atoms with Gasteiger partial charge in [-0.3, -0.25) is 9.59 Å². The fourth-order valence-electron chi connectivity index (χ4n) is 5.38. The minimum Gasteiger partial charge on any atom is -0.481 e. The normalized spacial score (nSPS) is 22.9. The van der Waals surface area contributed by atoms with Gasteiger partial charge in [0.1, 0.15) is 4.60 Å². The molecule has 1 aliphatic rings. The predicted molar refractivity (Wildman–Crippen MR) is 145 cm³/mol. The molecule has 188 valence electrons. The van der Waals surface area contributed by atoms with Crippen LogP contribution >= 0.6 is 39.1 Å². The molecule has 0 spiro atoms. The van der Waals surface area contributed by atoms with Gasteiger partial charge in [-0.2, -0.15) is 0 Å². The molecule has 4 atom stereocenters. The maximum absolute atomic E-state index is 14.3. The van der Waals surface area contributed by atoms with Crippen molar-refractivity contribution >= 4 is 51.0 Å². The average Bonchev–Trinajstić information content (AvgIpc) is 2.82. The maximum Gasteiger partial charge on any atom is 0.304 e. The Balaban J connectivity index is 1.96. The van der Waals surface area contributed by atoms with E-state index >= 15 is 0 Å². The number of nitrogens with zero attached hydrogens (tertiary/aromatic N) is 2. The Morgan fingerprint density at radius 2 is 1.81 bits per heavy atom. The number of amides is 1. The molecule has 2 heterocycles. The second-order valence-corrected chi connectivity index (χ2v) is 11.2. The number of likely N-dealkylation sites (tertiary alicyclic amines) is 1. The lowest BCUT2D eigenvalue weighted by Gasteiger charge is -2.51. The summed E-state index contributed by atoms with van der Waals surface area (Å²) in [5.74, 6) is -1.40. The van der Waals surface area contributed by atoms with Gasteiger partial charge in [0.05, 0.1) is 29.6 Å². The summed E-state index contributed by atoms with van der Waals surface area (Å²) in [4.78, 5) is 32.8. The van der Waals surface area contributed by atoms with E-state index in [1.807, 2.05) is 78.6 Å². The van der Waals surface area contributed by atoms with Gasteiger partial charge in [-0.15, -0.1) is 0 Å². The molecular weight excluding hydrogens is 563 g/mol. The minimum atomic E-state index is -1.11. The van der Waals surface area contributed by atoms with Crippen LogP contribution in [0.5, 0.6) is 0 Å². The third-order valence-electron chi connectivity index (χ3n) is 6.93. The van der Waals surface area contributed by atoms with E-state index in [1.54, 1.807) is 6.92 Å². The van der Waals surface area contributed by atoms with Gasteiger partial charge < -0.3 is 10.0 Å². The van der Waals surface area contributed by atoms with Crippen molar-refractivity contribution in [3.05, 3.63) is 98.2 Å². The lowest BCUT2D eigenvalue weighted by molar-refractivity contribution is -0.161. The number of carboxylic acids is 1. The average molecular weight is 590 g/mol. The van der Waals surface area contributed by atoms with Crippen LogP contribution in [0, 0.1) is 5.41 Å². The van der Waals surface area contributed by atoms with Crippen molar-refractivity contribution in [3.8, 4) is 0 Å². The number of benzene rings is 2. The largest absolute Gasteiger partial charge is 0.481 e. The Morgan fingerprint density at radius 1 is 1.11 bits per heavy atom. The molecule has 1 saturated heterocycles. The van der Waals surface area contributed by atoms with Gasteiger partial charge in [0.15, 0.2) is 0 Å².